The van der Waals surface area contributed by atoms with Crippen molar-refractivity contribution in [3.63, 3.8) is 0 Å². The predicted molar refractivity (Wildman–Crippen MR) is 57.1 cm³/mol. The maximum atomic E-state index is 11.6. The van der Waals surface area contributed by atoms with E-state index >= 15 is 0 Å². The van der Waals surface area contributed by atoms with Gasteiger partial charge < -0.3 is 4.52 Å². The fourth-order valence-corrected chi connectivity index (χ4v) is 1.69. The zero-order valence-corrected chi connectivity index (χ0v) is 9.35. The smallest absolute Gasteiger partial charge is 0.413 e. The first-order chi connectivity index (χ1) is 7.20. The maximum Gasteiger partial charge on any atom is 0.529 e. The minimum atomic E-state index is -3.48. The van der Waals surface area contributed by atoms with Crippen molar-refractivity contribution < 1.29 is 18.1 Å². The molecule has 0 aliphatic carbocycles. The second-order valence-electron chi connectivity index (χ2n) is 2.66. The van der Waals surface area contributed by atoms with Crippen molar-refractivity contribution in [3.05, 3.63) is 48.7 Å². The largest absolute Gasteiger partial charge is 0.529 e. The van der Waals surface area contributed by atoms with E-state index in [1.807, 2.05) is 30.3 Å². The Morgan fingerprint density at radius 2 is 2.07 bits per heavy atom. The Hall–Kier alpha value is -1.09. The number of hydrogen-bond acceptors (Lipinski definition) is 4. The molecule has 0 heterocycles. The van der Waals surface area contributed by atoms with Crippen molar-refractivity contribution in [2.75, 3.05) is 7.11 Å². The van der Waals surface area contributed by atoms with E-state index in [0.29, 0.717) is 0 Å². The Balaban J connectivity index is 2.55. The van der Waals surface area contributed by atoms with Gasteiger partial charge in [0.2, 0.25) is 0 Å². The Kier molecular flexibility index (Phi) is 4.56. The minimum absolute atomic E-state index is 0.166. The molecule has 5 heteroatoms. The fraction of sp³-hybridized carbons (Fsp3) is 0.200. The quantitative estimate of drug-likeness (QED) is 0.554. The molecule has 1 unspecified atom stereocenters. The van der Waals surface area contributed by atoms with Gasteiger partial charge in [-0.05, 0) is 5.56 Å². The Bertz CT molecular complexity index is 350. The van der Waals surface area contributed by atoms with Crippen LogP contribution in [-0.4, -0.2) is 7.11 Å². The van der Waals surface area contributed by atoms with E-state index in [9.17, 15) is 4.57 Å². The van der Waals surface area contributed by atoms with Crippen LogP contribution in [0.1, 0.15) is 5.56 Å². The molecule has 0 saturated carbocycles. The fourth-order valence-electron chi connectivity index (χ4n) is 0.945. The highest BCUT2D eigenvalue weighted by Crippen LogP contribution is 2.49. The van der Waals surface area contributed by atoms with Gasteiger partial charge in [-0.15, -0.1) is 0 Å². The van der Waals surface area contributed by atoms with E-state index in [1.54, 1.807) is 0 Å². The number of phosphoric acid groups is 1. The first-order valence-corrected chi connectivity index (χ1v) is 5.80. The molecule has 1 aromatic rings. The molecule has 1 rings (SSSR count). The van der Waals surface area contributed by atoms with E-state index in [2.05, 4.69) is 15.6 Å². The molecule has 0 aliphatic rings. The molecule has 0 fully saturated rings. The molecule has 82 valence electrons. The summed E-state index contributed by atoms with van der Waals surface area (Å²) >= 11 is 0. The van der Waals surface area contributed by atoms with Crippen LogP contribution in [0.4, 0.5) is 0 Å². The summed E-state index contributed by atoms with van der Waals surface area (Å²) in [7, 11) is -2.22. The second kappa shape index (κ2) is 5.71. The third kappa shape index (κ3) is 3.88. The molecule has 1 aromatic carbocycles. The molecule has 0 saturated heterocycles. The van der Waals surface area contributed by atoms with E-state index < -0.39 is 7.82 Å². The first-order valence-electron chi connectivity index (χ1n) is 4.34. The highest BCUT2D eigenvalue weighted by molar-refractivity contribution is 7.48. The van der Waals surface area contributed by atoms with Crippen molar-refractivity contribution in [1.82, 2.24) is 0 Å². The summed E-state index contributed by atoms with van der Waals surface area (Å²) in [4.78, 5) is 0. The van der Waals surface area contributed by atoms with Gasteiger partial charge in [0.1, 0.15) is 0 Å². The summed E-state index contributed by atoms with van der Waals surface area (Å²) in [5.41, 5.74) is 0.891. The van der Waals surface area contributed by atoms with Crippen LogP contribution in [0.2, 0.25) is 0 Å². The Morgan fingerprint density at radius 3 is 2.60 bits per heavy atom. The van der Waals surface area contributed by atoms with Crippen LogP contribution in [0, 0.1) is 0 Å². The molecule has 0 spiro atoms. The van der Waals surface area contributed by atoms with E-state index in [0.717, 1.165) is 11.8 Å². The van der Waals surface area contributed by atoms with Crippen LogP contribution in [0.25, 0.3) is 0 Å². The van der Waals surface area contributed by atoms with Gasteiger partial charge in [0.25, 0.3) is 0 Å². The molecule has 4 nitrogen and oxygen atoms in total. The molecule has 1 atom stereocenters. The van der Waals surface area contributed by atoms with E-state index in [1.165, 1.54) is 7.11 Å². The Morgan fingerprint density at radius 1 is 1.40 bits per heavy atom. The number of rotatable bonds is 6. The standard InChI is InChI=1S/C10H13O4P/c1-3-13-15(11,12-2)14-9-10-7-5-4-6-8-10/h3-8H,1,9H2,2H3. The third-order valence-corrected chi connectivity index (χ3v) is 2.96. The van der Waals surface area contributed by atoms with Crippen molar-refractivity contribution >= 4 is 7.82 Å². The highest BCUT2D eigenvalue weighted by atomic mass is 31.2. The average molecular weight is 228 g/mol. The van der Waals surface area contributed by atoms with Crippen molar-refractivity contribution in [2.24, 2.45) is 0 Å². The topological polar surface area (TPSA) is 44.8 Å². The molecule has 0 N–H and O–H groups in total. The number of hydrogen-bond donors (Lipinski definition) is 0. The minimum Gasteiger partial charge on any atom is -0.413 e. The lowest BCUT2D eigenvalue weighted by Crippen LogP contribution is -1.95. The van der Waals surface area contributed by atoms with Gasteiger partial charge >= 0.3 is 7.82 Å². The Labute approximate surface area is 89.1 Å². The zero-order valence-electron chi connectivity index (χ0n) is 8.46. The van der Waals surface area contributed by atoms with Crippen LogP contribution < -0.4 is 0 Å². The lowest BCUT2D eigenvalue weighted by Gasteiger charge is -2.13. The maximum absolute atomic E-state index is 11.6. The van der Waals surface area contributed by atoms with Crippen molar-refractivity contribution in [1.29, 1.82) is 0 Å². The molecule has 0 radical (unpaired) electrons. The molecule has 0 aliphatic heterocycles. The SMILES string of the molecule is C=COP(=O)(OC)OCc1ccccc1. The summed E-state index contributed by atoms with van der Waals surface area (Å²) in [6.45, 7) is 3.46. The highest BCUT2D eigenvalue weighted by Gasteiger charge is 2.24. The molecule has 0 bridgehead atoms. The number of benzene rings is 1. The second-order valence-corrected chi connectivity index (χ2v) is 4.39. The van der Waals surface area contributed by atoms with E-state index in [4.69, 9.17) is 4.52 Å². The van der Waals surface area contributed by atoms with Crippen LogP contribution in [0.5, 0.6) is 0 Å². The van der Waals surface area contributed by atoms with Crippen LogP contribution in [0.15, 0.2) is 43.2 Å². The van der Waals surface area contributed by atoms with Gasteiger partial charge in [0.05, 0.1) is 12.9 Å². The first kappa shape index (κ1) is 12.0. The number of phosphoric ester groups is 1. The summed E-state index contributed by atoms with van der Waals surface area (Å²) < 4.78 is 26.0. The molecular weight excluding hydrogens is 215 g/mol. The molecular formula is C10H13O4P. The van der Waals surface area contributed by atoms with Gasteiger partial charge in [-0.2, -0.15) is 0 Å². The van der Waals surface area contributed by atoms with Crippen LogP contribution in [-0.2, 0) is 24.7 Å². The van der Waals surface area contributed by atoms with Gasteiger partial charge in [0.15, 0.2) is 0 Å². The van der Waals surface area contributed by atoms with Gasteiger partial charge in [-0.25, -0.2) is 4.57 Å². The zero-order chi connectivity index (χ0) is 11.1. The molecule has 15 heavy (non-hydrogen) atoms. The third-order valence-electron chi connectivity index (χ3n) is 1.66. The predicted octanol–water partition coefficient (Wildman–Crippen LogP) is 3.12. The van der Waals surface area contributed by atoms with Gasteiger partial charge in [-0.1, -0.05) is 36.9 Å². The van der Waals surface area contributed by atoms with Crippen LogP contribution >= 0.6 is 7.82 Å². The lowest BCUT2D eigenvalue weighted by atomic mass is 10.2. The summed E-state index contributed by atoms with van der Waals surface area (Å²) in [5, 5.41) is 0. The van der Waals surface area contributed by atoms with Gasteiger partial charge in [0, 0.05) is 7.11 Å². The summed E-state index contributed by atoms with van der Waals surface area (Å²) in [6.07, 6.45) is 1.04. The van der Waals surface area contributed by atoms with Crippen molar-refractivity contribution in [3.8, 4) is 0 Å². The normalized spacial score (nSPS) is 14.2. The summed E-state index contributed by atoms with van der Waals surface area (Å²) in [6, 6.07) is 9.33. The lowest BCUT2D eigenvalue weighted by molar-refractivity contribution is 0.158. The van der Waals surface area contributed by atoms with Crippen molar-refractivity contribution in [2.45, 2.75) is 6.61 Å². The molecule has 0 amide bonds. The van der Waals surface area contributed by atoms with Crippen LogP contribution in [0.3, 0.4) is 0 Å². The average Bonchev–Trinajstić information content (AvgIpc) is 2.28. The molecule has 0 aromatic heterocycles. The summed E-state index contributed by atoms with van der Waals surface area (Å²) in [5.74, 6) is 0. The monoisotopic (exact) mass is 228 g/mol. The van der Waals surface area contributed by atoms with Gasteiger partial charge in [-0.3, -0.25) is 9.05 Å². The van der Waals surface area contributed by atoms with E-state index in [-0.39, 0.29) is 6.61 Å².